The van der Waals surface area contributed by atoms with E-state index in [1.54, 1.807) is 36.1 Å². The molecule has 0 aromatic heterocycles. The third kappa shape index (κ3) is 23.3. The number of carbonyl (C=O) groups excluding carboxylic acids is 9. The number of anilines is 2. The molecule has 592 valence electrons. The zero-order valence-electron chi connectivity index (χ0n) is 61.5. The van der Waals surface area contributed by atoms with Gasteiger partial charge in [-0.2, -0.15) is 19.2 Å². The summed E-state index contributed by atoms with van der Waals surface area (Å²) in [5.41, 5.74) is 5.23. The van der Waals surface area contributed by atoms with Crippen LogP contribution in [0.3, 0.4) is 0 Å². The molecule has 0 aliphatic carbocycles. The van der Waals surface area contributed by atoms with Crippen molar-refractivity contribution in [2.45, 2.75) is 160 Å². The molecule has 6 saturated heterocycles. The molecular weight excluding hydrogens is 1430 g/mol. The lowest BCUT2D eigenvalue weighted by Gasteiger charge is -2.35. The van der Waals surface area contributed by atoms with E-state index in [1.807, 2.05) is 33.8 Å². The minimum atomic E-state index is -1.65. The first-order valence-corrected chi connectivity index (χ1v) is 35.3. The van der Waals surface area contributed by atoms with Crippen LogP contribution in [-0.4, -0.2) is 243 Å². The Morgan fingerprint density at radius 2 is 1.00 bits per heavy atom. The molecule has 6 heterocycles. The maximum atomic E-state index is 14.7. The first kappa shape index (κ1) is 85.1. The summed E-state index contributed by atoms with van der Waals surface area (Å²) < 4.78 is 75.7. The van der Waals surface area contributed by atoms with Crippen LogP contribution in [0.2, 0.25) is 0 Å². The monoisotopic (exact) mass is 1530 g/mol. The van der Waals surface area contributed by atoms with Crippen LogP contribution in [0.15, 0.2) is 91.5 Å². The highest BCUT2D eigenvalue weighted by atomic mass is 16.7. The number of likely N-dealkylation sites (tertiary alicyclic amines) is 2. The van der Waals surface area contributed by atoms with Crippen LogP contribution in [0, 0.1) is 19.3 Å². The maximum Gasteiger partial charge on any atom is 0.411 e. The van der Waals surface area contributed by atoms with Gasteiger partial charge in [0.25, 0.3) is 11.8 Å². The fourth-order valence-electron chi connectivity index (χ4n) is 12.7. The molecule has 33 nitrogen and oxygen atoms in total. The summed E-state index contributed by atoms with van der Waals surface area (Å²) >= 11 is 0. The molecule has 6 fully saturated rings. The third-order valence-electron chi connectivity index (χ3n) is 18.1. The van der Waals surface area contributed by atoms with Gasteiger partial charge in [0.05, 0.1) is 99.6 Å². The maximum absolute atomic E-state index is 14.7. The molecule has 10 atom stereocenters. The van der Waals surface area contributed by atoms with Crippen LogP contribution in [0.25, 0.3) is 5.70 Å². The number of nitrogens with zero attached hydrogens (tertiary/aromatic N) is 2. The second kappa shape index (κ2) is 40.3. The van der Waals surface area contributed by atoms with E-state index in [1.165, 1.54) is 37.4 Å². The fourth-order valence-corrected chi connectivity index (χ4v) is 12.7. The highest BCUT2D eigenvalue weighted by Crippen LogP contribution is 2.40. The Balaban J connectivity index is 0.00000241. The molecule has 6 aliphatic heterocycles. The van der Waals surface area contributed by atoms with Gasteiger partial charge >= 0.3 is 24.5 Å². The molecule has 4 amide bonds. The third-order valence-corrected chi connectivity index (χ3v) is 18.1. The van der Waals surface area contributed by atoms with Gasteiger partial charge < -0.3 is 107 Å². The Kier molecular flexibility index (Phi) is 31.4. The van der Waals surface area contributed by atoms with Crippen LogP contribution in [-0.2, 0) is 75.0 Å². The number of rotatable bonds is 29. The average molecular weight is 1530 g/mol. The molecule has 9 N–H and O–H groups in total. The van der Waals surface area contributed by atoms with Crippen molar-refractivity contribution in [3.05, 3.63) is 136 Å². The Morgan fingerprint density at radius 3 is 1.48 bits per heavy atom. The quantitative estimate of drug-likeness (QED) is 0.0196. The number of hydrogen-bond acceptors (Lipinski definition) is 29. The smallest absolute Gasteiger partial charge is 0.411 e. The van der Waals surface area contributed by atoms with Crippen LogP contribution in [0.1, 0.15) is 118 Å². The Hall–Kier alpha value is -9.51. The van der Waals surface area contributed by atoms with Crippen LogP contribution >= 0.6 is 0 Å². The second-order valence-electron chi connectivity index (χ2n) is 27.7. The Labute approximate surface area is 628 Å². The van der Waals surface area contributed by atoms with Crippen molar-refractivity contribution in [2.24, 2.45) is 5.41 Å². The van der Waals surface area contributed by atoms with Gasteiger partial charge in [-0.05, 0) is 110 Å². The number of hydrogen-bond donors (Lipinski definition) is 9. The predicted molar refractivity (Wildman–Crippen MR) is 380 cm³/mol. The van der Waals surface area contributed by atoms with Crippen LogP contribution < -0.4 is 34.9 Å². The number of methoxy groups -OCH3 is 1. The number of unbranched alkanes of at least 4 members (excludes halogenated alkanes) is 2. The number of amides is 4. The van der Waals surface area contributed by atoms with E-state index in [2.05, 4.69) is 40.6 Å². The van der Waals surface area contributed by atoms with Gasteiger partial charge in [-0.25, -0.2) is 9.59 Å². The SMILES string of the molecule is C=C1C[C@@H](C2OCCO2)N(C(=C)c2cc(C)c(OCCCCCOc3cc(NC(=O)OCc4ccc(O[C@@H]5OC[C@@H](O)[C@H](O)[C@H]5O)c(C(=O)NCCOC)c4)c(C(=O)N4CC(=C)C[C@H]4C4OCCO4)cc3C)cc2NC(=O)OCc2ccc(O[C@@H]3OC[C@@H](O)[C@H](O)[C@H]3O)c(C(=O)CC(C)(C)C)c2)C1.O=C=O.O=C=O. The van der Waals surface area contributed by atoms with E-state index in [0.717, 1.165) is 16.7 Å². The summed E-state index contributed by atoms with van der Waals surface area (Å²) in [4.78, 5) is 106. The molecule has 6 aliphatic rings. The van der Waals surface area contributed by atoms with Gasteiger partial charge in [0.15, 0.2) is 18.4 Å². The summed E-state index contributed by atoms with van der Waals surface area (Å²) in [5.74, 6) is -0.450. The summed E-state index contributed by atoms with van der Waals surface area (Å²) in [5, 5.41) is 70.2. The molecule has 0 unspecified atom stereocenters. The van der Waals surface area contributed by atoms with Crippen LogP contribution in [0.5, 0.6) is 23.0 Å². The first-order valence-electron chi connectivity index (χ1n) is 35.3. The first-order chi connectivity index (χ1) is 52.1. The zero-order valence-corrected chi connectivity index (χ0v) is 61.5. The van der Waals surface area contributed by atoms with Crippen molar-refractivity contribution in [3.8, 4) is 23.0 Å². The largest absolute Gasteiger partial charge is 0.493 e. The summed E-state index contributed by atoms with van der Waals surface area (Å²) in [7, 11) is 1.47. The van der Waals surface area contributed by atoms with Gasteiger partial charge in [0.1, 0.15) is 72.8 Å². The molecule has 0 radical (unpaired) electrons. The van der Waals surface area contributed by atoms with E-state index in [0.29, 0.717) is 110 Å². The summed E-state index contributed by atoms with van der Waals surface area (Å²) in [6.45, 7) is 24.1. The van der Waals surface area contributed by atoms with Gasteiger partial charge in [-0.3, -0.25) is 25.0 Å². The topological polar surface area (TPSA) is 438 Å². The zero-order chi connectivity index (χ0) is 79.2. The van der Waals surface area contributed by atoms with Crippen molar-refractivity contribution >= 4 is 59.2 Å². The Morgan fingerprint density at radius 1 is 0.560 bits per heavy atom. The van der Waals surface area contributed by atoms with Crippen LogP contribution in [0.4, 0.5) is 21.0 Å². The van der Waals surface area contributed by atoms with E-state index < -0.39 is 97.2 Å². The van der Waals surface area contributed by atoms with E-state index in [9.17, 15) is 54.6 Å². The number of ketones is 1. The predicted octanol–water partition coefficient (Wildman–Crippen LogP) is 5.01. The molecule has 0 bridgehead atoms. The van der Waals surface area contributed by atoms with Gasteiger partial charge in [-0.1, -0.05) is 63.8 Å². The van der Waals surface area contributed by atoms with Crippen molar-refractivity contribution in [2.75, 3.05) is 96.8 Å². The number of aryl methyl sites for hydroxylation is 2. The minimum Gasteiger partial charge on any atom is -0.493 e. The lowest BCUT2D eigenvalue weighted by atomic mass is 9.87. The molecular formula is C76H95N5O28. The Bertz CT molecular complexity index is 3920. The molecule has 10 rings (SSSR count). The highest BCUT2D eigenvalue weighted by Gasteiger charge is 2.44. The van der Waals surface area contributed by atoms with Crippen molar-refractivity contribution in [3.63, 3.8) is 0 Å². The number of aliphatic hydroxyl groups is 6. The minimum absolute atomic E-state index is 0.0280. The number of carbonyl (C=O) groups is 5. The standard InChI is InChI=1S/C74H95N5O24.2CO2/c1-40-25-53(68-94-21-22-95-68)78(34-40)44(5)47-27-42(3)60(31-51(47)76-72(89)100-36-45-13-15-58(49(29-45)55(80)33-74(6,7)8)102-70-64(85)62(83)56(81)38-98-70)92-18-11-10-12-19-93-61-32-52(48(28-43(61)4)67(88)79-35-41(2)26-54(79)69-96-23-24-97-69)77-73(90)101-37-46-14-16-59(50(30-46)66(87)75-17-20-91-9)103-71-65(86)63(84)57(82)39-99-71;2*2-1-3/h13-16,27-32,53-54,56-57,62-65,68-71,81-86H,1-2,5,10-12,17-26,33-39H2,3-4,6-9H3,(H,75,87)(H,76,89)(H,77,90);;/t53-,54-,56+,57+,62-,63-,64+,65+,70-,71-;;/m0../s1. The van der Waals surface area contributed by atoms with Crippen molar-refractivity contribution in [1.29, 1.82) is 0 Å². The number of benzene rings is 4. The lowest BCUT2D eigenvalue weighted by molar-refractivity contribution is -0.242. The number of aliphatic hydroxyl groups excluding tert-OH is 6. The number of Topliss-reactive ketones (excluding diaryl/α,β-unsaturated/α-hetero) is 1. The highest BCUT2D eigenvalue weighted by molar-refractivity contribution is 6.04. The summed E-state index contributed by atoms with van der Waals surface area (Å²) in [6, 6.07) is 15.0. The molecule has 4 aromatic rings. The van der Waals surface area contributed by atoms with Gasteiger partial charge in [0.2, 0.25) is 12.6 Å². The normalized spacial score (nSPS) is 22.7. The molecule has 4 aromatic carbocycles. The van der Waals surface area contributed by atoms with E-state index in [4.69, 9.17) is 80.8 Å². The molecule has 33 heteroatoms. The molecule has 0 spiro atoms. The summed E-state index contributed by atoms with van der Waals surface area (Å²) in [6.07, 6.45) is -11.4. The number of nitrogens with one attached hydrogen (secondary N) is 3. The fraction of sp³-hybridized carbons (Fsp3) is 0.513. The van der Waals surface area contributed by atoms with Crippen molar-refractivity contribution in [1.82, 2.24) is 15.1 Å². The van der Waals surface area contributed by atoms with E-state index >= 15 is 0 Å². The second-order valence-corrected chi connectivity index (χ2v) is 27.7. The number of ether oxygens (including phenoxy) is 13. The lowest BCUT2D eigenvalue weighted by Crippen LogP contribution is -2.54. The molecule has 109 heavy (non-hydrogen) atoms. The molecule has 0 saturated carbocycles. The van der Waals surface area contributed by atoms with Crippen molar-refractivity contribution < 1.29 is 135 Å². The van der Waals surface area contributed by atoms with Gasteiger partial charge in [0, 0.05) is 56.6 Å². The van der Waals surface area contributed by atoms with Gasteiger partial charge in [-0.15, -0.1) is 0 Å². The average Bonchev–Trinajstić information content (AvgIpc) is 1.77. The van der Waals surface area contributed by atoms with E-state index in [-0.39, 0.29) is 124 Å².